The number of carbonyl (C=O) groups is 1. The number of benzene rings is 1. The monoisotopic (exact) mass is 571 g/mol. The van der Waals surface area contributed by atoms with E-state index in [0.717, 1.165) is 69.0 Å². The molecule has 2 fully saturated rings. The van der Waals surface area contributed by atoms with Crippen molar-refractivity contribution in [2.24, 2.45) is 0 Å². The quantitative estimate of drug-likeness (QED) is 0.317. The lowest BCUT2D eigenvalue weighted by Gasteiger charge is -2.33. The molecule has 2 saturated heterocycles. The lowest BCUT2D eigenvalue weighted by Crippen LogP contribution is -2.44. The number of aromatic nitrogens is 1. The highest BCUT2D eigenvalue weighted by Crippen LogP contribution is 2.37. The molecule has 0 saturated carbocycles. The van der Waals surface area contributed by atoms with E-state index < -0.39 is 23.9 Å². The molecule has 0 spiro atoms. The maximum absolute atomic E-state index is 13.4. The van der Waals surface area contributed by atoms with Crippen LogP contribution in [0.25, 0.3) is 0 Å². The van der Waals surface area contributed by atoms with Crippen LogP contribution in [-0.4, -0.2) is 72.1 Å². The van der Waals surface area contributed by atoms with Gasteiger partial charge in [0.25, 0.3) is 5.91 Å². The second kappa shape index (κ2) is 12.6. The van der Waals surface area contributed by atoms with Crippen molar-refractivity contribution in [2.45, 2.75) is 50.5 Å². The van der Waals surface area contributed by atoms with Gasteiger partial charge in [-0.1, -0.05) is 0 Å². The van der Waals surface area contributed by atoms with E-state index in [4.69, 9.17) is 17.0 Å². The molecule has 0 aliphatic carbocycles. The van der Waals surface area contributed by atoms with Gasteiger partial charge in [-0.05, 0) is 56.1 Å². The first kappa shape index (κ1) is 28.5. The summed E-state index contributed by atoms with van der Waals surface area (Å²) in [4.78, 5) is 21.6. The van der Waals surface area contributed by atoms with Crippen LogP contribution >= 0.6 is 23.6 Å². The maximum Gasteiger partial charge on any atom is 0.416 e. The number of ether oxygens (including phenoxy) is 1. The number of aliphatic hydroxyl groups is 1. The molecule has 0 radical (unpaired) electrons. The summed E-state index contributed by atoms with van der Waals surface area (Å²) >= 11 is 6.84. The largest absolute Gasteiger partial charge is 0.416 e. The highest BCUT2D eigenvalue weighted by Gasteiger charge is 2.32. The standard InChI is InChI=1S/C25H32F3N5O3S2/c1-36-21(34)6-9-29-24(37)33-12-7-16(8-13-33)23-31-19(15-38-23)22(35)30-18-14-17(25(26,27)28)4-5-20(18)32-10-2-3-11-32/h4-5,14-16,21,34H,2-3,6-13H2,1H3,(H,29,37)(H,30,35). The van der Waals surface area contributed by atoms with Gasteiger partial charge in [-0.25, -0.2) is 4.98 Å². The predicted octanol–water partition coefficient (Wildman–Crippen LogP) is 4.42. The smallest absolute Gasteiger partial charge is 0.370 e. The molecule has 1 unspecified atom stereocenters. The van der Waals surface area contributed by atoms with Crippen LogP contribution in [-0.2, 0) is 10.9 Å². The molecule has 38 heavy (non-hydrogen) atoms. The Balaban J connectivity index is 1.36. The van der Waals surface area contributed by atoms with Crippen LogP contribution in [0, 0.1) is 0 Å². The Labute approximate surface area is 229 Å². The summed E-state index contributed by atoms with van der Waals surface area (Å²) in [5, 5.41) is 18.4. The van der Waals surface area contributed by atoms with E-state index in [1.54, 1.807) is 5.38 Å². The number of hydrogen-bond donors (Lipinski definition) is 3. The molecule has 2 aromatic rings. The first-order valence-corrected chi connectivity index (χ1v) is 13.9. The third-order valence-electron chi connectivity index (χ3n) is 6.84. The number of piperidine rings is 1. The average Bonchev–Trinajstić information content (AvgIpc) is 3.61. The second-order valence-corrected chi connectivity index (χ2v) is 10.7. The SMILES string of the molecule is COC(O)CCNC(=S)N1CCC(c2nc(C(=O)Nc3cc(C(F)(F)F)ccc3N3CCCC3)cs2)CC1. The Kier molecular flexibility index (Phi) is 9.45. The molecule has 208 valence electrons. The summed E-state index contributed by atoms with van der Waals surface area (Å²) in [5.41, 5.74) is 0.136. The molecule has 3 N–H and O–H groups in total. The van der Waals surface area contributed by atoms with Crippen LogP contribution in [0.5, 0.6) is 0 Å². The van der Waals surface area contributed by atoms with Crippen molar-refractivity contribution in [3.8, 4) is 0 Å². The summed E-state index contributed by atoms with van der Waals surface area (Å²) in [6.45, 7) is 3.44. The molecule has 1 aromatic carbocycles. The van der Waals surface area contributed by atoms with Gasteiger partial charge in [0.05, 0.1) is 21.9 Å². The number of thiazole rings is 1. The van der Waals surface area contributed by atoms with Gasteiger partial charge in [-0.15, -0.1) is 11.3 Å². The minimum atomic E-state index is -4.51. The van der Waals surface area contributed by atoms with Gasteiger partial charge in [0.15, 0.2) is 11.4 Å². The van der Waals surface area contributed by atoms with E-state index in [1.807, 2.05) is 4.90 Å². The molecular weight excluding hydrogens is 539 g/mol. The van der Waals surface area contributed by atoms with Crippen molar-refractivity contribution in [1.82, 2.24) is 15.2 Å². The first-order valence-electron chi connectivity index (χ1n) is 12.6. The van der Waals surface area contributed by atoms with Crippen LogP contribution in [0.3, 0.4) is 0 Å². The van der Waals surface area contributed by atoms with Gasteiger partial charge < -0.3 is 30.3 Å². The molecule has 13 heteroatoms. The topological polar surface area (TPSA) is 90.0 Å². The zero-order valence-electron chi connectivity index (χ0n) is 21.1. The van der Waals surface area contributed by atoms with E-state index >= 15 is 0 Å². The van der Waals surface area contributed by atoms with E-state index in [9.17, 15) is 23.1 Å². The fraction of sp³-hybridized carbons (Fsp3) is 0.560. The number of halogens is 3. The fourth-order valence-corrected chi connectivity index (χ4v) is 5.93. The Morgan fingerprint density at radius 1 is 1.26 bits per heavy atom. The minimum absolute atomic E-state index is 0.147. The molecule has 3 heterocycles. The van der Waals surface area contributed by atoms with Gasteiger partial charge in [0, 0.05) is 57.6 Å². The molecule has 0 bridgehead atoms. The zero-order valence-corrected chi connectivity index (χ0v) is 22.7. The van der Waals surface area contributed by atoms with Gasteiger partial charge in [0.2, 0.25) is 0 Å². The number of amides is 1. The lowest BCUT2D eigenvalue weighted by molar-refractivity contribution is -0.137. The summed E-state index contributed by atoms with van der Waals surface area (Å²) in [6.07, 6.45) is -1.37. The molecule has 1 atom stereocenters. The third kappa shape index (κ3) is 7.13. The number of methoxy groups -OCH3 is 1. The average molecular weight is 572 g/mol. The van der Waals surface area contributed by atoms with Crippen LogP contribution in [0.15, 0.2) is 23.6 Å². The van der Waals surface area contributed by atoms with Crippen LogP contribution < -0.4 is 15.5 Å². The molecule has 1 amide bonds. The fourth-order valence-electron chi connectivity index (χ4n) is 4.67. The summed E-state index contributed by atoms with van der Waals surface area (Å²) in [7, 11) is 1.44. The van der Waals surface area contributed by atoms with Gasteiger partial charge >= 0.3 is 6.18 Å². The number of likely N-dealkylation sites (tertiary alicyclic amines) is 1. The van der Waals surface area contributed by atoms with E-state index in [0.29, 0.717) is 23.8 Å². The second-order valence-electron chi connectivity index (χ2n) is 9.42. The number of aliphatic hydroxyl groups excluding tert-OH is 1. The molecule has 4 rings (SSSR count). The number of alkyl halides is 3. The number of anilines is 2. The number of nitrogens with zero attached hydrogens (tertiary/aromatic N) is 3. The Morgan fingerprint density at radius 2 is 1.97 bits per heavy atom. The van der Waals surface area contributed by atoms with Crippen molar-refractivity contribution < 1.29 is 27.8 Å². The van der Waals surface area contributed by atoms with Crippen molar-refractivity contribution >= 4 is 45.9 Å². The first-order chi connectivity index (χ1) is 18.2. The molecule has 2 aliphatic rings. The van der Waals surface area contributed by atoms with Crippen LogP contribution in [0.2, 0.25) is 0 Å². The van der Waals surface area contributed by atoms with Crippen molar-refractivity contribution in [1.29, 1.82) is 0 Å². The summed E-state index contributed by atoms with van der Waals surface area (Å²) < 4.78 is 44.9. The molecule has 2 aliphatic heterocycles. The number of hydrogen-bond acceptors (Lipinski definition) is 7. The molecule has 8 nitrogen and oxygen atoms in total. The van der Waals surface area contributed by atoms with E-state index in [2.05, 4.69) is 20.5 Å². The number of nitrogens with one attached hydrogen (secondary N) is 2. The minimum Gasteiger partial charge on any atom is -0.370 e. The normalized spacial score (nSPS) is 17.5. The molecule has 1 aromatic heterocycles. The van der Waals surface area contributed by atoms with Crippen LogP contribution in [0.4, 0.5) is 24.5 Å². The van der Waals surface area contributed by atoms with Gasteiger partial charge in [-0.2, -0.15) is 13.2 Å². The van der Waals surface area contributed by atoms with Crippen molar-refractivity contribution in [2.75, 3.05) is 50.1 Å². The number of carbonyl (C=O) groups excluding carboxylic acids is 1. The maximum atomic E-state index is 13.4. The summed E-state index contributed by atoms with van der Waals surface area (Å²) in [5.74, 6) is -0.349. The lowest BCUT2D eigenvalue weighted by atomic mass is 9.98. The zero-order chi connectivity index (χ0) is 27.3. The highest BCUT2D eigenvalue weighted by molar-refractivity contribution is 7.80. The third-order valence-corrected chi connectivity index (χ3v) is 8.25. The van der Waals surface area contributed by atoms with Crippen molar-refractivity contribution in [3.05, 3.63) is 39.8 Å². The van der Waals surface area contributed by atoms with Gasteiger partial charge in [0.1, 0.15) is 5.69 Å². The molecular formula is C25H32F3N5O3S2. The Morgan fingerprint density at radius 3 is 2.63 bits per heavy atom. The van der Waals surface area contributed by atoms with E-state index in [1.165, 1.54) is 24.5 Å². The van der Waals surface area contributed by atoms with Crippen molar-refractivity contribution in [3.63, 3.8) is 0 Å². The number of rotatable bonds is 8. The highest BCUT2D eigenvalue weighted by atomic mass is 32.1. The Bertz CT molecular complexity index is 1120. The van der Waals surface area contributed by atoms with E-state index in [-0.39, 0.29) is 17.3 Å². The summed E-state index contributed by atoms with van der Waals surface area (Å²) in [6, 6.07) is 3.49. The van der Waals surface area contributed by atoms with Gasteiger partial charge in [-0.3, -0.25) is 4.79 Å². The predicted molar refractivity (Wildman–Crippen MR) is 145 cm³/mol. The number of thiocarbonyl (C=S) groups is 1. The Hall–Kier alpha value is -2.48. The van der Waals surface area contributed by atoms with Crippen LogP contribution in [0.1, 0.15) is 59.1 Å².